The van der Waals surface area contributed by atoms with E-state index in [4.69, 9.17) is 0 Å². The second-order valence-electron chi connectivity index (χ2n) is 21.8. The van der Waals surface area contributed by atoms with Gasteiger partial charge in [0.05, 0.1) is 13.6 Å². The Kier molecular flexibility index (Phi) is 8.65. The quantitative estimate of drug-likeness (QED) is 0.164. The van der Waals surface area contributed by atoms with Gasteiger partial charge in [0.15, 0.2) is 0 Å². The Morgan fingerprint density at radius 1 is 0.517 bits per heavy atom. The number of hydrogen-bond donors (Lipinski definition) is 0. The lowest BCUT2D eigenvalue weighted by molar-refractivity contribution is 0.195. The summed E-state index contributed by atoms with van der Waals surface area (Å²) in [6, 6.07) is 49.8. The zero-order valence-electron chi connectivity index (χ0n) is 37.9. The molecule has 2 unspecified atom stereocenters. The highest BCUT2D eigenvalue weighted by Gasteiger charge is 2.58. The Labute approximate surface area is 361 Å². The van der Waals surface area contributed by atoms with Crippen molar-refractivity contribution in [2.24, 2.45) is 0 Å². The molecule has 1 saturated carbocycles. The van der Waals surface area contributed by atoms with Crippen LogP contribution in [0.15, 0.2) is 127 Å². The molecule has 6 aromatic rings. The van der Waals surface area contributed by atoms with Crippen LogP contribution in [0.1, 0.15) is 97.8 Å². The average Bonchev–Trinajstić information content (AvgIpc) is 3.42. The van der Waals surface area contributed by atoms with E-state index in [1.165, 1.54) is 98.7 Å². The van der Waals surface area contributed by atoms with Crippen molar-refractivity contribution < 1.29 is 0 Å². The molecule has 0 bridgehead atoms. The molecule has 0 saturated heterocycles. The normalized spacial score (nSPS) is 20.6. The summed E-state index contributed by atoms with van der Waals surface area (Å²) in [7, 11) is -1.52. The molecular formula is C55H62BN3Si. The first kappa shape index (κ1) is 39.2. The SMILES string of the molecule is CC(C)(C)c1ccc(N2c3cc(N4c5ccc([Si](C)(C)C)cc5C5(C)CCCCC45C)ccc3B3c4ccccc4N(c4ccccc4)c4cc(C(C)(C)C)cc2c43)cc1. The zero-order valence-corrected chi connectivity index (χ0v) is 38.9. The molecule has 3 heterocycles. The number of rotatable bonds is 4. The van der Waals surface area contributed by atoms with Gasteiger partial charge in [0.1, 0.15) is 0 Å². The molecule has 4 aliphatic rings. The van der Waals surface area contributed by atoms with E-state index in [9.17, 15) is 0 Å². The molecule has 0 N–H and O–H groups in total. The van der Waals surface area contributed by atoms with Gasteiger partial charge in [-0.3, -0.25) is 0 Å². The molecule has 5 heteroatoms. The first-order valence-corrected chi connectivity index (χ1v) is 26.0. The lowest BCUT2D eigenvalue weighted by Gasteiger charge is -2.50. The van der Waals surface area contributed by atoms with E-state index in [1.54, 1.807) is 10.8 Å². The predicted molar refractivity (Wildman–Crippen MR) is 264 cm³/mol. The summed E-state index contributed by atoms with van der Waals surface area (Å²) in [5.41, 5.74) is 18.5. The van der Waals surface area contributed by atoms with E-state index in [0.717, 1.165) is 0 Å². The molecule has 3 aliphatic heterocycles. The van der Waals surface area contributed by atoms with Crippen molar-refractivity contribution in [3.8, 4) is 0 Å². The van der Waals surface area contributed by atoms with Crippen molar-refractivity contribution in [2.45, 2.75) is 122 Å². The highest BCUT2D eigenvalue weighted by atomic mass is 28.3. The number of fused-ring (bicyclic) bond motifs is 7. The number of para-hydroxylation sites is 2. The molecule has 3 nitrogen and oxygen atoms in total. The summed E-state index contributed by atoms with van der Waals surface area (Å²) in [5, 5.41) is 1.56. The topological polar surface area (TPSA) is 9.72 Å². The molecule has 0 radical (unpaired) electrons. The lowest BCUT2D eigenvalue weighted by atomic mass is 9.33. The first-order valence-electron chi connectivity index (χ1n) is 22.5. The van der Waals surface area contributed by atoms with Crippen LogP contribution in [-0.2, 0) is 16.2 Å². The highest BCUT2D eigenvalue weighted by Crippen LogP contribution is 2.61. The molecule has 0 aromatic heterocycles. The van der Waals surface area contributed by atoms with Crippen molar-refractivity contribution in [1.82, 2.24) is 0 Å². The van der Waals surface area contributed by atoms with Gasteiger partial charge in [-0.15, -0.1) is 0 Å². The molecule has 6 aromatic carbocycles. The smallest absolute Gasteiger partial charge is 0.252 e. The van der Waals surface area contributed by atoms with Crippen molar-refractivity contribution in [3.63, 3.8) is 0 Å². The van der Waals surface area contributed by atoms with Crippen LogP contribution in [-0.4, -0.2) is 20.3 Å². The maximum absolute atomic E-state index is 2.79. The largest absolute Gasteiger partial charge is 0.334 e. The minimum absolute atomic E-state index is 0.0359. The second kappa shape index (κ2) is 13.2. The Hall–Kier alpha value is -5.00. The Morgan fingerprint density at radius 3 is 1.77 bits per heavy atom. The number of anilines is 8. The van der Waals surface area contributed by atoms with Crippen LogP contribution < -0.4 is 36.3 Å². The monoisotopic (exact) mass is 803 g/mol. The minimum atomic E-state index is -1.52. The lowest BCUT2D eigenvalue weighted by Crippen LogP contribution is -2.61. The molecule has 0 amide bonds. The Bertz CT molecular complexity index is 2670. The summed E-state index contributed by atoms with van der Waals surface area (Å²) >= 11 is 0. The molecule has 1 fully saturated rings. The van der Waals surface area contributed by atoms with Crippen LogP contribution in [0.3, 0.4) is 0 Å². The number of nitrogens with zero attached hydrogens (tertiary/aromatic N) is 3. The second-order valence-corrected chi connectivity index (χ2v) is 26.9. The Balaban J connectivity index is 1.26. The Morgan fingerprint density at radius 2 is 1.10 bits per heavy atom. The number of benzene rings is 6. The van der Waals surface area contributed by atoms with Gasteiger partial charge in [0.2, 0.25) is 0 Å². The average molecular weight is 804 g/mol. The van der Waals surface area contributed by atoms with E-state index < -0.39 is 8.07 Å². The van der Waals surface area contributed by atoms with Crippen molar-refractivity contribution in [1.29, 1.82) is 0 Å². The summed E-state index contributed by atoms with van der Waals surface area (Å²) in [5.74, 6) is 0. The van der Waals surface area contributed by atoms with Crippen LogP contribution in [0.5, 0.6) is 0 Å². The number of hydrogen-bond acceptors (Lipinski definition) is 3. The van der Waals surface area contributed by atoms with Crippen LogP contribution in [0.25, 0.3) is 0 Å². The van der Waals surface area contributed by atoms with Gasteiger partial charge >= 0.3 is 0 Å². The van der Waals surface area contributed by atoms with Gasteiger partial charge in [-0.05, 0) is 124 Å². The maximum Gasteiger partial charge on any atom is 0.252 e. The summed E-state index contributed by atoms with van der Waals surface area (Å²) in [6.45, 7) is 26.7. The third kappa shape index (κ3) is 5.74. The molecule has 0 spiro atoms. The maximum atomic E-state index is 2.79. The standard InChI is InChI=1S/C55H62BN3Si/c1-52(2,3)37-23-25-40(26-24-37)58-48-35-41(59-46-30-28-42(60(9,10)11)36-43(46)54(7)31-17-18-32-55(54,59)8)27-29-45(48)56-44-21-15-16-22-47(44)57(39-19-13-12-14-20-39)49-33-38(53(4,5)6)34-50(58)51(49)56/h12-16,19-30,33-36H,17-18,31-32H2,1-11H3. The van der Waals surface area contributed by atoms with Crippen molar-refractivity contribution >= 4 is 81.9 Å². The first-order chi connectivity index (χ1) is 28.4. The molecule has 60 heavy (non-hydrogen) atoms. The van der Waals surface area contributed by atoms with E-state index in [0.29, 0.717) is 0 Å². The van der Waals surface area contributed by atoms with E-state index in [-0.39, 0.29) is 28.5 Å². The zero-order chi connectivity index (χ0) is 42.1. The van der Waals surface area contributed by atoms with Gasteiger partial charge in [-0.25, -0.2) is 0 Å². The van der Waals surface area contributed by atoms with Crippen LogP contribution >= 0.6 is 0 Å². The van der Waals surface area contributed by atoms with Gasteiger partial charge in [0.25, 0.3) is 6.71 Å². The van der Waals surface area contributed by atoms with E-state index >= 15 is 0 Å². The van der Waals surface area contributed by atoms with Gasteiger partial charge < -0.3 is 14.7 Å². The fraction of sp³-hybridized carbons (Fsp3) is 0.345. The third-order valence-corrected chi connectivity index (χ3v) is 17.1. The molecule has 10 rings (SSSR count). The molecule has 1 aliphatic carbocycles. The van der Waals surface area contributed by atoms with Gasteiger partial charge in [-0.2, -0.15) is 0 Å². The van der Waals surface area contributed by atoms with Crippen molar-refractivity contribution in [2.75, 3.05) is 14.7 Å². The summed E-state index contributed by atoms with van der Waals surface area (Å²) < 4.78 is 0. The predicted octanol–water partition coefficient (Wildman–Crippen LogP) is 12.7. The third-order valence-electron chi connectivity index (χ3n) is 15.1. The summed E-state index contributed by atoms with van der Waals surface area (Å²) in [6.07, 6.45) is 4.95. The van der Waals surface area contributed by atoms with Gasteiger partial charge in [0, 0.05) is 50.9 Å². The van der Waals surface area contributed by atoms with Crippen molar-refractivity contribution in [3.05, 3.63) is 144 Å². The minimum Gasteiger partial charge on any atom is -0.334 e. The van der Waals surface area contributed by atoms with Crippen LogP contribution in [0.2, 0.25) is 19.6 Å². The summed E-state index contributed by atoms with van der Waals surface area (Å²) in [4.78, 5) is 7.94. The molecule has 2 atom stereocenters. The van der Waals surface area contributed by atoms with Crippen LogP contribution in [0, 0.1) is 0 Å². The van der Waals surface area contributed by atoms with Crippen LogP contribution in [0.4, 0.5) is 45.5 Å². The fourth-order valence-corrected chi connectivity index (χ4v) is 12.5. The highest BCUT2D eigenvalue weighted by molar-refractivity contribution is 7.00. The van der Waals surface area contributed by atoms with Gasteiger partial charge in [-0.1, -0.05) is 153 Å². The fourth-order valence-electron chi connectivity index (χ4n) is 11.4. The molecule has 304 valence electrons. The van der Waals surface area contributed by atoms with E-state index in [1.807, 2.05) is 0 Å². The molecular weight excluding hydrogens is 742 g/mol. The van der Waals surface area contributed by atoms with E-state index in [2.05, 4.69) is 217 Å².